The molecule has 1 fully saturated rings. The van der Waals surface area contributed by atoms with Crippen molar-refractivity contribution in [1.29, 1.82) is 0 Å². The highest BCUT2D eigenvalue weighted by molar-refractivity contribution is 7.89. The third-order valence-corrected chi connectivity index (χ3v) is 8.90. The van der Waals surface area contributed by atoms with Crippen LogP contribution in [0.3, 0.4) is 0 Å². The molecule has 1 atom stereocenters. The molecule has 30 heavy (non-hydrogen) atoms. The van der Waals surface area contributed by atoms with Crippen molar-refractivity contribution in [2.24, 2.45) is 11.7 Å². The van der Waals surface area contributed by atoms with Crippen molar-refractivity contribution in [2.45, 2.75) is 43.9 Å². The molecule has 2 amide bonds. The zero-order valence-corrected chi connectivity index (χ0v) is 18.4. The van der Waals surface area contributed by atoms with E-state index in [1.807, 2.05) is 6.92 Å². The minimum atomic E-state index is -3.66. The Morgan fingerprint density at radius 3 is 2.60 bits per heavy atom. The maximum atomic E-state index is 13.0. The fourth-order valence-electron chi connectivity index (χ4n) is 4.20. The molecule has 9 heteroatoms. The van der Waals surface area contributed by atoms with Crippen molar-refractivity contribution in [3.05, 3.63) is 45.8 Å². The number of amides is 2. The molecule has 1 aromatic carbocycles. The van der Waals surface area contributed by atoms with E-state index in [0.717, 1.165) is 35.3 Å². The van der Waals surface area contributed by atoms with Crippen LogP contribution in [0.2, 0.25) is 0 Å². The lowest BCUT2D eigenvalue weighted by Crippen LogP contribution is -2.43. The number of rotatable bonds is 5. The lowest BCUT2D eigenvalue weighted by Gasteiger charge is -2.31. The number of aryl methyl sites for hydroxylation is 2. The number of carbonyl (C=O) groups is 2. The number of benzene rings is 1. The van der Waals surface area contributed by atoms with Crippen molar-refractivity contribution in [3.63, 3.8) is 0 Å². The number of piperidine rings is 1. The number of fused-ring (bicyclic) bond motifs is 1. The Balaban J connectivity index is 1.51. The summed E-state index contributed by atoms with van der Waals surface area (Å²) in [6, 6.07) is 6.73. The van der Waals surface area contributed by atoms with Crippen molar-refractivity contribution >= 4 is 38.2 Å². The number of sulfonamides is 1. The maximum Gasteiger partial charge on any atom is 0.251 e. The Labute approximate surface area is 180 Å². The molecule has 0 bridgehead atoms. The van der Waals surface area contributed by atoms with Crippen LogP contribution in [-0.2, 0) is 27.7 Å². The fraction of sp³-hybridized carbons (Fsp3) is 0.429. The number of nitrogens with zero attached hydrogens (tertiary/aromatic N) is 1. The largest absolute Gasteiger partial charge is 0.365 e. The van der Waals surface area contributed by atoms with Gasteiger partial charge in [0.05, 0.1) is 16.4 Å². The molecule has 2 aromatic rings. The molecule has 1 saturated heterocycles. The predicted molar refractivity (Wildman–Crippen MR) is 116 cm³/mol. The molecule has 3 N–H and O–H groups in total. The minimum absolute atomic E-state index is 0.124. The van der Waals surface area contributed by atoms with E-state index in [0.29, 0.717) is 30.0 Å². The summed E-state index contributed by atoms with van der Waals surface area (Å²) in [5, 5.41) is 3.36. The van der Waals surface area contributed by atoms with E-state index in [1.54, 1.807) is 24.3 Å². The SMILES string of the molecule is Cc1ccc(S(=O)(=O)N2CCCC(C(=O)Nc3sc4c(c3C(N)=O)CCC4)C2)cc1. The van der Waals surface area contributed by atoms with Crippen LogP contribution in [0.25, 0.3) is 0 Å². The number of hydrogen-bond acceptors (Lipinski definition) is 5. The van der Waals surface area contributed by atoms with E-state index in [1.165, 1.54) is 15.6 Å². The summed E-state index contributed by atoms with van der Waals surface area (Å²) in [5.41, 5.74) is 7.92. The van der Waals surface area contributed by atoms with Gasteiger partial charge >= 0.3 is 0 Å². The van der Waals surface area contributed by atoms with E-state index < -0.39 is 21.8 Å². The van der Waals surface area contributed by atoms with Gasteiger partial charge in [0.1, 0.15) is 5.00 Å². The number of primary amides is 1. The minimum Gasteiger partial charge on any atom is -0.365 e. The normalized spacial score (nSPS) is 19.4. The molecular weight excluding hydrogens is 422 g/mol. The quantitative estimate of drug-likeness (QED) is 0.734. The Morgan fingerprint density at radius 2 is 1.90 bits per heavy atom. The molecular formula is C21H25N3O4S2. The first kappa shape index (κ1) is 21.0. The lowest BCUT2D eigenvalue weighted by atomic mass is 9.99. The molecule has 0 saturated carbocycles. The van der Waals surface area contributed by atoms with E-state index in [4.69, 9.17) is 5.73 Å². The van der Waals surface area contributed by atoms with Gasteiger partial charge in [-0.2, -0.15) is 4.31 Å². The molecule has 2 heterocycles. The second-order valence-electron chi connectivity index (χ2n) is 7.93. The number of thiophene rings is 1. The summed E-state index contributed by atoms with van der Waals surface area (Å²) in [6.07, 6.45) is 3.88. The third kappa shape index (κ3) is 3.89. The first-order chi connectivity index (χ1) is 14.3. The van der Waals surface area contributed by atoms with Crippen LogP contribution in [0.1, 0.15) is 45.6 Å². The van der Waals surface area contributed by atoms with Gasteiger partial charge in [0.25, 0.3) is 5.91 Å². The zero-order chi connectivity index (χ0) is 21.5. The van der Waals surface area contributed by atoms with Gasteiger partial charge in [-0.15, -0.1) is 11.3 Å². The van der Waals surface area contributed by atoms with Crippen LogP contribution in [-0.4, -0.2) is 37.6 Å². The summed E-state index contributed by atoms with van der Waals surface area (Å²) >= 11 is 1.41. The fourth-order valence-corrected chi connectivity index (χ4v) is 7.02. The summed E-state index contributed by atoms with van der Waals surface area (Å²) < 4.78 is 27.4. The van der Waals surface area contributed by atoms with E-state index in [-0.39, 0.29) is 17.3 Å². The van der Waals surface area contributed by atoms with Gasteiger partial charge < -0.3 is 11.1 Å². The van der Waals surface area contributed by atoms with E-state index >= 15 is 0 Å². The Kier molecular flexibility index (Phi) is 5.69. The highest BCUT2D eigenvalue weighted by Crippen LogP contribution is 2.39. The smallest absolute Gasteiger partial charge is 0.251 e. The third-order valence-electron chi connectivity index (χ3n) is 5.82. The summed E-state index contributed by atoms with van der Waals surface area (Å²) in [5.74, 6) is -1.27. The summed E-state index contributed by atoms with van der Waals surface area (Å²) in [6.45, 7) is 2.41. The summed E-state index contributed by atoms with van der Waals surface area (Å²) in [7, 11) is -3.66. The molecule has 160 valence electrons. The highest BCUT2D eigenvalue weighted by Gasteiger charge is 2.34. The number of hydrogen-bond donors (Lipinski definition) is 2. The highest BCUT2D eigenvalue weighted by atomic mass is 32.2. The standard InChI is InChI=1S/C21H25N3O4S2/c1-13-7-9-15(10-8-13)30(27,28)24-11-3-4-14(12-24)20(26)23-21-18(19(22)25)16-5-2-6-17(16)29-21/h7-10,14H,2-6,11-12H2,1H3,(H2,22,25)(H,23,26). The Hall–Kier alpha value is -2.23. The van der Waals surface area contributed by atoms with Gasteiger partial charge in [0.2, 0.25) is 15.9 Å². The molecule has 1 aliphatic heterocycles. The van der Waals surface area contributed by atoms with Crippen molar-refractivity contribution < 1.29 is 18.0 Å². The second-order valence-corrected chi connectivity index (χ2v) is 11.0. The van der Waals surface area contributed by atoms with Crippen LogP contribution < -0.4 is 11.1 Å². The van der Waals surface area contributed by atoms with Crippen LogP contribution in [0.5, 0.6) is 0 Å². The topological polar surface area (TPSA) is 110 Å². The van der Waals surface area contributed by atoms with Crippen LogP contribution in [0, 0.1) is 12.8 Å². The zero-order valence-electron chi connectivity index (χ0n) is 16.8. The van der Waals surface area contributed by atoms with E-state index in [9.17, 15) is 18.0 Å². The molecule has 1 unspecified atom stereocenters. The van der Waals surface area contributed by atoms with Crippen LogP contribution in [0.4, 0.5) is 5.00 Å². The molecule has 0 spiro atoms. The Bertz CT molecular complexity index is 1090. The van der Waals surface area contributed by atoms with Crippen LogP contribution in [0.15, 0.2) is 29.2 Å². The van der Waals surface area contributed by atoms with E-state index in [2.05, 4.69) is 5.32 Å². The lowest BCUT2D eigenvalue weighted by molar-refractivity contribution is -0.120. The Morgan fingerprint density at radius 1 is 1.17 bits per heavy atom. The molecule has 1 aliphatic carbocycles. The molecule has 0 radical (unpaired) electrons. The first-order valence-corrected chi connectivity index (χ1v) is 12.3. The number of anilines is 1. The summed E-state index contributed by atoms with van der Waals surface area (Å²) in [4.78, 5) is 26.2. The molecule has 4 rings (SSSR count). The number of carbonyl (C=O) groups excluding carboxylic acids is 2. The van der Waals surface area contributed by atoms with Gasteiger partial charge in [0.15, 0.2) is 0 Å². The molecule has 7 nitrogen and oxygen atoms in total. The average molecular weight is 448 g/mol. The second kappa shape index (κ2) is 8.13. The van der Waals surface area contributed by atoms with Crippen molar-refractivity contribution in [3.8, 4) is 0 Å². The van der Waals surface area contributed by atoms with Crippen molar-refractivity contribution in [2.75, 3.05) is 18.4 Å². The number of nitrogens with two attached hydrogens (primary N) is 1. The van der Waals surface area contributed by atoms with Gasteiger partial charge in [-0.05, 0) is 56.7 Å². The van der Waals surface area contributed by atoms with Crippen LogP contribution >= 0.6 is 11.3 Å². The monoisotopic (exact) mass is 447 g/mol. The molecule has 2 aliphatic rings. The van der Waals surface area contributed by atoms with Gasteiger partial charge in [-0.25, -0.2) is 8.42 Å². The van der Waals surface area contributed by atoms with Crippen molar-refractivity contribution in [1.82, 2.24) is 4.31 Å². The predicted octanol–water partition coefficient (Wildman–Crippen LogP) is 2.68. The van der Waals surface area contributed by atoms with Gasteiger partial charge in [-0.1, -0.05) is 17.7 Å². The number of nitrogens with one attached hydrogen (secondary N) is 1. The first-order valence-electron chi connectivity index (χ1n) is 10.1. The maximum absolute atomic E-state index is 13.0. The van der Waals surface area contributed by atoms with Gasteiger partial charge in [0, 0.05) is 18.0 Å². The average Bonchev–Trinajstić information content (AvgIpc) is 3.29. The molecule has 1 aromatic heterocycles. The van der Waals surface area contributed by atoms with Gasteiger partial charge in [-0.3, -0.25) is 9.59 Å².